The summed E-state index contributed by atoms with van der Waals surface area (Å²) in [5.41, 5.74) is 2.45. The fraction of sp³-hybridized carbons (Fsp3) is 0.238. The minimum Gasteiger partial charge on any atom is -0.497 e. The second kappa shape index (κ2) is 8.55. The highest BCUT2D eigenvalue weighted by Crippen LogP contribution is 2.24. The standard InChI is InChI=1S/C21H21N3O5/c1-14-5-3-4-6-15(14)11-12-22-18(25)13-23-19(26)20(27)24(21(23)28)16-7-9-17(29-2)10-8-16/h3-10H,11-13H2,1-2H3,(H,22,25). The smallest absolute Gasteiger partial charge is 0.339 e. The van der Waals surface area contributed by atoms with Crippen molar-refractivity contribution in [2.75, 3.05) is 25.1 Å². The highest BCUT2D eigenvalue weighted by molar-refractivity contribution is 6.53. The normalized spacial score (nSPS) is 13.8. The van der Waals surface area contributed by atoms with E-state index in [4.69, 9.17) is 4.74 Å². The Labute approximate surface area is 168 Å². The zero-order valence-corrected chi connectivity index (χ0v) is 16.2. The number of imide groups is 2. The molecule has 2 aromatic carbocycles. The summed E-state index contributed by atoms with van der Waals surface area (Å²) in [6, 6.07) is 13.1. The van der Waals surface area contributed by atoms with Crippen molar-refractivity contribution in [1.82, 2.24) is 10.2 Å². The van der Waals surface area contributed by atoms with Gasteiger partial charge in [-0.15, -0.1) is 0 Å². The summed E-state index contributed by atoms with van der Waals surface area (Å²) in [6.07, 6.45) is 0.622. The van der Waals surface area contributed by atoms with Crippen LogP contribution in [0.15, 0.2) is 48.5 Å². The Morgan fingerprint density at radius 1 is 1.00 bits per heavy atom. The van der Waals surface area contributed by atoms with Crippen LogP contribution in [0.25, 0.3) is 0 Å². The molecule has 150 valence electrons. The lowest BCUT2D eigenvalue weighted by atomic mass is 10.1. The van der Waals surface area contributed by atoms with E-state index >= 15 is 0 Å². The van der Waals surface area contributed by atoms with E-state index in [0.29, 0.717) is 23.6 Å². The molecule has 1 saturated heterocycles. The van der Waals surface area contributed by atoms with Gasteiger partial charge < -0.3 is 10.1 Å². The van der Waals surface area contributed by atoms with Gasteiger partial charge in [-0.1, -0.05) is 24.3 Å². The average molecular weight is 395 g/mol. The molecule has 1 heterocycles. The number of benzene rings is 2. The lowest BCUT2D eigenvalue weighted by Crippen LogP contribution is -2.42. The van der Waals surface area contributed by atoms with Crippen LogP contribution in [0.3, 0.4) is 0 Å². The first-order chi connectivity index (χ1) is 13.9. The molecule has 5 amide bonds. The van der Waals surface area contributed by atoms with E-state index in [1.54, 1.807) is 12.1 Å². The SMILES string of the molecule is COc1ccc(N2C(=O)C(=O)N(CC(=O)NCCc3ccccc3C)C2=O)cc1. The van der Waals surface area contributed by atoms with Crippen LogP contribution < -0.4 is 15.0 Å². The number of aryl methyl sites for hydroxylation is 1. The van der Waals surface area contributed by atoms with Gasteiger partial charge in [0.05, 0.1) is 12.8 Å². The Bertz CT molecular complexity index is 955. The maximum atomic E-state index is 12.6. The minimum atomic E-state index is -1.03. The average Bonchev–Trinajstić information content (AvgIpc) is 2.93. The van der Waals surface area contributed by atoms with Gasteiger partial charge in [-0.3, -0.25) is 14.4 Å². The Morgan fingerprint density at radius 3 is 2.34 bits per heavy atom. The van der Waals surface area contributed by atoms with Crippen molar-refractivity contribution in [3.63, 3.8) is 0 Å². The number of carbonyl (C=O) groups excluding carboxylic acids is 4. The summed E-state index contributed by atoms with van der Waals surface area (Å²) < 4.78 is 5.04. The zero-order chi connectivity index (χ0) is 21.0. The first-order valence-electron chi connectivity index (χ1n) is 9.07. The number of ether oxygens (including phenoxy) is 1. The van der Waals surface area contributed by atoms with Crippen LogP contribution in [0.1, 0.15) is 11.1 Å². The van der Waals surface area contributed by atoms with E-state index < -0.39 is 30.3 Å². The highest BCUT2D eigenvalue weighted by atomic mass is 16.5. The second-order valence-electron chi connectivity index (χ2n) is 6.54. The fourth-order valence-corrected chi connectivity index (χ4v) is 3.03. The Kier molecular flexibility index (Phi) is 5.92. The molecule has 1 N–H and O–H groups in total. The number of anilines is 1. The van der Waals surface area contributed by atoms with Gasteiger partial charge in [0, 0.05) is 6.54 Å². The lowest BCUT2D eigenvalue weighted by molar-refractivity contribution is -0.140. The van der Waals surface area contributed by atoms with Crippen LogP contribution in [0.4, 0.5) is 10.5 Å². The van der Waals surface area contributed by atoms with Crippen molar-refractivity contribution < 1.29 is 23.9 Å². The molecule has 0 unspecified atom stereocenters. The van der Waals surface area contributed by atoms with Gasteiger partial charge in [0.15, 0.2) is 0 Å². The second-order valence-corrected chi connectivity index (χ2v) is 6.54. The third-order valence-electron chi connectivity index (χ3n) is 4.66. The molecule has 0 spiro atoms. The number of nitrogens with zero attached hydrogens (tertiary/aromatic N) is 2. The third-order valence-corrected chi connectivity index (χ3v) is 4.66. The van der Waals surface area contributed by atoms with Crippen molar-refractivity contribution in [3.05, 3.63) is 59.7 Å². The van der Waals surface area contributed by atoms with Crippen molar-refractivity contribution in [2.45, 2.75) is 13.3 Å². The summed E-state index contributed by atoms with van der Waals surface area (Å²) in [5.74, 6) is -1.98. The van der Waals surface area contributed by atoms with Gasteiger partial charge in [-0.2, -0.15) is 0 Å². The Morgan fingerprint density at radius 2 is 1.69 bits per heavy atom. The number of hydrogen-bond acceptors (Lipinski definition) is 5. The highest BCUT2D eigenvalue weighted by Gasteiger charge is 2.46. The maximum absolute atomic E-state index is 12.6. The van der Waals surface area contributed by atoms with Crippen molar-refractivity contribution in [2.24, 2.45) is 0 Å². The topological polar surface area (TPSA) is 96.0 Å². The fourth-order valence-electron chi connectivity index (χ4n) is 3.03. The van der Waals surface area contributed by atoms with Gasteiger partial charge in [-0.25, -0.2) is 14.6 Å². The van der Waals surface area contributed by atoms with E-state index in [9.17, 15) is 19.2 Å². The van der Waals surface area contributed by atoms with Crippen LogP contribution in [0.2, 0.25) is 0 Å². The van der Waals surface area contributed by atoms with Crippen LogP contribution in [0, 0.1) is 6.92 Å². The number of rotatable bonds is 7. The predicted molar refractivity (Wildman–Crippen MR) is 105 cm³/mol. The Balaban J connectivity index is 1.60. The number of nitrogens with one attached hydrogen (secondary N) is 1. The van der Waals surface area contributed by atoms with Crippen molar-refractivity contribution >= 4 is 29.4 Å². The summed E-state index contributed by atoms with van der Waals surface area (Å²) in [4.78, 5) is 50.6. The predicted octanol–water partition coefficient (Wildman–Crippen LogP) is 1.66. The molecule has 0 aliphatic carbocycles. The van der Waals surface area contributed by atoms with Crippen molar-refractivity contribution in [3.8, 4) is 5.75 Å². The molecule has 1 aliphatic heterocycles. The van der Waals surface area contributed by atoms with Crippen LogP contribution in [-0.2, 0) is 20.8 Å². The zero-order valence-electron chi connectivity index (χ0n) is 16.2. The van der Waals surface area contributed by atoms with E-state index in [0.717, 1.165) is 16.0 Å². The third kappa shape index (κ3) is 4.26. The van der Waals surface area contributed by atoms with E-state index in [-0.39, 0.29) is 5.69 Å². The van der Waals surface area contributed by atoms with E-state index in [1.807, 2.05) is 31.2 Å². The molecule has 1 fully saturated rings. The van der Waals surface area contributed by atoms with Gasteiger partial charge in [0.1, 0.15) is 12.3 Å². The molecular formula is C21H21N3O5. The van der Waals surface area contributed by atoms with E-state index in [1.165, 1.54) is 19.2 Å². The van der Waals surface area contributed by atoms with Gasteiger partial charge >= 0.3 is 17.8 Å². The first kappa shape index (κ1) is 20.1. The molecule has 8 heteroatoms. The van der Waals surface area contributed by atoms with Crippen LogP contribution in [-0.4, -0.2) is 48.9 Å². The van der Waals surface area contributed by atoms with Gasteiger partial charge in [0.2, 0.25) is 5.91 Å². The largest absolute Gasteiger partial charge is 0.497 e. The molecule has 0 bridgehead atoms. The molecule has 3 rings (SSSR count). The molecular weight excluding hydrogens is 374 g/mol. The monoisotopic (exact) mass is 395 g/mol. The molecule has 0 atom stereocenters. The number of carbonyl (C=O) groups is 4. The molecule has 0 aromatic heterocycles. The summed E-state index contributed by atoms with van der Waals surface area (Å²) in [5, 5.41) is 2.68. The van der Waals surface area contributed by atoms with Crippen molar-refractivity contribution in [1.29, 1.82) is 0 Å². The van der Waals surface area contributed by atoms with Gasteiger partial charge in [-0.05, 0) is 48.7 Å². The summed E-state index contributed by atoms with van der Waals surface area (Å²) in [7, 11) is 1.49. The number of amides is 5. The van der Waals surface area contributed by atoms with Gasteiger partial charge in [0.25, 0.3) is 0 Å². The summed E-state index contributed by atoms with van der Waals surface area (Å²) in [6.45, 7) is 1.83. The molecule has 8 nitrogen and oxygen atoms in total. The lowest BCUT2D eigenvalue weighted by Gasteiger charge is -2.15. The van der Waals surface area contributed by atoms with Crippen LogP contribution in [0.5, 0.6) is 5.75 Å². The minimum absolute atomic E-state index is 0.233. The summed E-state index contributed by atoms with van der Waals surface area (Å²) >= 11 is 0. The molecule has 0 saturated carbocycles. The Hall–Kier alpha value is -3.68. The molecule has 1 aliphatic rings. The molecule has 29 heavy (non-hydrogen) atoms. The molecule has 0 radical (unpaired) electrons. The quantitative estimate of drug-likeness (QED) is 0.568. The van der Waals surface area contributed by atoms with Crippen LogP contribution >= 0.6 is 0 Å². The first-order valence-corrected chi connectivity index (χ1v) is 9.07. The maximum Gasteiger partial charge on any atom is 0.339 e. The number of methoxy groups -OCH3 is 1. The van der Waals surface area contributed by atoms with E-state index in [2.05, 4.69) is 5.32 Å². The number of hydrogen-bond donors (Lipinski definition) is 1. The molecule has 2 aromatic rings. The number of urea groups is 1.